The summed E-state index contributed by atoms with van der Waals surface area (Å²) in [7, 11) is 0. The van der Waals surface area contributed by atoms with Gasteiger partial charge in [-0.25, -0.2) is 4.79 Å². The van der Waals surface area contributed by atoms with Gasteiger partial charge in [-0.2, -0.15) is 15.4 Å². The molecule has 3 aromatic rings. The second-order valence-electron chi connectivity index (χ2n) is 4.29. The lowest BCUT2D eigenvalue weighted by Crippen LogP contribution is -2.01. The number of fused-ring (bicyclic) bond motifs is 1. The van der Waals surface area contributed by atoms with Crippen molar-refractivity contribution in [3.05, 3.63) is 52.1 Å². The molecule has 0 aliphatic heterocycles. The SMILES string of the molecule is O=C(O)c1c(-c2ccc([N+](=O)[O-])cc2)ccc2n[nH]nc12. The predicted molar refractivity (Wildman–Crippen MR) is 72.9 cm³/mol. The predicted octanol–water partition coefficient (Wildman–Crippen LogP) is 2.23. The smallest absolute Gasteiger partial charge is 0.338 e. The summed E-state index contributed by atoms with van der Waals surface area (Å²) in [6.45, 7) is 0. The van der Waals surface area contributed by atoms with Gasteiger partial charge in [-0.1, -0.05) is 6.07 Å². The van der Waals surface area contributed by atoms with E-state index >= 15 is 0 Å². The van der Waals surface area contributed by atoms with Crippen LogP contribution >= 0.6 is 0 Å². The number of aromatic nitrogens is 3. The molecule has 3 rings (SSSR count). The first-order valence-electron chi connectivity index (χ1n) is 5.89. The molecule has 8 heteroatoms. The van der Waals surface area contributed by atoms with E-state index in [0.29, 0.717) is 16.6 Å². The highest BCUT2D eigenvalue weighted by atomic mass is 16.6. The molecule has 0 saturated carbocycles. The number of non-ortho nitro benzene ring substituents is 1. The van der Waals surface area contributed by atoms with Gasteiger partial charge in [0.2, 0.25) is 0 Å². The number of nitrogens with zero attached hydrogens (tertiary/aromatic N) is 3. The van der Waals surface area contributed by atoms with Crippen LogP contribution < -0.4 is 0 Å². The van der Waals surface area contributed by atoms with Crippen LogP contribution in [0.15, 0.2) is 36.4 Å². The highest BCUT2D eigenvalue weighted by Crippen LogP contribution is 2.29. The minimum absolute atomic E-state index is 0.00935. The Bertz CT molecular complexity index is 854. The van der Waals surface area contributed by atoms with Crippen LogP contribution in [0.3, 0.4) is 0 Å². The molecule has 0 saturated heterocycles. The summed E-state index contributed by atoms with van der Waals surface area (Å²) in [5.41, 5.74) is 1.63. The minimum Gasteiger partial charge on any atom is -0.478 e. The van der Waals surface area contributed by atoms with Gasteiger partial charge in [0.25, 0.3) is 5.69 Å². The maximum atomic E-state index is 11.5. The lowest BCUT2D eigenvalue weighted by Gasteiger charge is -2.06. The maximum absolute atomic E-state index is 11.5. The van der Waals surface area contributed by atoms with Crippen molar-refractivity contribution in [1.29, 1.82) is 0 Å². The Labute approximate surface area is 117 Å². The van der Waals surface area contributed by atoms with Crippen molar-refractivity contribution in [1.82, 2.24) is 15.4 Å². The molecule has 0 unspecified atom stereocenters. The Balaban J connectivity index is 2.21. The van der Waals surface area contributed by atoms with E-state index in [1.54, 1.807) is 12.1 Å². The van der Waals surface area contributed by atoms with Gasteiger partial charge in [0.05, 0.1) is 10.5 Å². The number of aromatic carboxylic acids is 1. The van der Waals surface area contributed by atoms with Gasteiger partial charge in [-0.15, -0.1) is 0 Å². The fourth-order valence-electron chi connectivity index (χ4n) is 2.13. The zero-order valence-corrected chi connectivity index (χ0v) is 10.5. The molecule has 0 aliphatic carbocycles. The number of carboxylic acid groups (broad SMARTS) is 1. The molecule has 0 aliphatic rings. The van der Waals surface area contributed by atoms with Crippen LogP contribution in [0.25, 0.3) is 22.2 Å². The third kappa shape index (κ3) is 2.08. The molecule has 0 atom stereocenters. The number of carbonyl (C=O) groups is 1. The van der Waals surface area contributed by atoms with E-state index in [0.717, 1.165) is 0 Å². The van der Waals surface area contributed by atoms with Crippen molar-refractivity contribution >= 4 is 22.7 Å². The molecule has 0 bridgehead atoms. The summed E-state index contributed by atoms with van der Waals surface area (Å²) in [5.74, 6) is -1.14. The number of aromatic amines is 1. The fraction of sp³-hybridized carbons (Fsp3) is 0. The van der Waals surface area contributed by atoms with Crippen molar-refractivity contribution in [3.8, 4) is 11.1 Å². The molecule has 0 spiro atoms. The average Bonchev–Trinajstić information content (AvgIpc) is 2.94. The summed E-state index contributed by atoms with van der Waals surface area (Å²) in [4.78, 5) is 21.6. The van der Waals surface area contributed by atoms with E-state index < -0.39 is 10.9 Å². The van der Waals surface area contributed by atoms with Crippen LogP contribution in [-0.2, 0) is 0 Å². The Hall–Kier alpha value is -3.29. The number of nitro benzene ring substituents is 1. The zero-order valence-electron chi connectivity index (χ0n) is 10.5. The number of carboxylic acids is 1. The normalized spacial score (nSPS) is 10.7. The molecule has 8 nitrogen and oxygen atoms in total. The van der Waals surface area contributed by atoms with Gasteiger partial charge in [-0.05, 0) is 29.3 Å². The van der Waals surface area contributed by atoms with Crippen molar-refractivity contribution in [2.45, 2.75) is 0 Å². The third-order valence-electron chi connectivity index (χ3n) is 3.09. The molecule has 21 heavy (non-hydrogen) atoms. The number of nitrogens with one attached hydrogen (secondary N) is 1. The number of hydrogen-bond donors (Lipinski definition) is 2. The Morgan fingerprint density at radius 3 is 2.48 bits per heavy atom. The summed E-state index contributed by atoms with van der Waals surface area (Å²) < 4.78 is 0. The van der Waals surface area contributed by atoms with E-state index in [-0.39, 0.29) is 16.8 Å². The molecular weight excluding hydrogens is 276 g/mol. The summed E-state index contributed by atoms with van der Waals surface area (Å²) in [6.07, 6.45) is 0. The first kappa shape index (κ1) is 12.7. The molecule has 2 N–H and O–H groups in total. The van der Waals surface area contributed by atoms with Crippen LogP contribution in [0, 0.1) is 10.1 Å². The van der Waals surface area contributed by atoms with E-state index in [1.807, 2.05) is 0 Å². The molecule has 104 valence electrons. The summed E-state index contributed by atoms with van der Waals surface area (Å²) >= 11 is 0. The largest absolute Gasteiger partial charge is 0.478 e. The average molecular weight is 284 g/mol. The molecule has 1 heterocycles. The van der Waals surface area contributed by atoms with Crippen molar-refractivity contribution in [2.75, 3.05) is 0 Å². The van der Waals surface area contributed by atoms with Crippen LogP contribution in [-0.4, -0.2) is 31.4 Å². The van der Waals surface area contributed by atoms with E-state index in [4.69, 9.17) is 0 Å². The van der Waals surface area contributed by atoms with Crippen molar-refractivity contribution in [2.24, 2.45) is 0 Å². The van der Waals surface area contributed by atoms with Gasteiger partial charge in [0.1, 0.15) is 11.0 Å². The standard InChI is InChI=1S/C13H8N4O4/c18-13(19)11-9(5-6-10-12(11)15-16-14-10)7-1-3-8(4-2-7)17(20)21/h1-6H,(H,18,19)(H,14,15,16). The number of benzene rings is 2. The Morgan fingerprint density at radius 2 is 1.86 bits per heavy atom. The lowest BCUT2D eigenvalue weighted by molar-refractivity contribution is -0.384. The lowest BCUT2D eigenvalue weighted by atomic mass is 9.98. The molecule has 2 aromatic carbocycles. The number of hydrogen-bond acceptors (Lipinski definition) is 5. The molecule has 0 amide bonds. The van der Waals surface area contributed by atoms with Gasteiger partial charge >= 0.3 is 5.97 Å². The topological polar surface area (TPSA) is 122 Å². The Morgan fingerprint density at radius 1 is 1.14 bits per heavy atom. The number of nitro groups is 1. The van der Waals surface area contributed by atoms with Gasteiger partial charge in [0, 0.05) is 12.1 Å². The maximum Gasteiger partial charge on any atom is 0.338 e. The number of rotatable bonds is 3. The highest BCUT2D eigenvalue weighted by molar-refractivity contribution is 6.07. The van der Waals surface area contributed by atoms with Crippen molar-refractivity contribution in [3.63, 3.8) is 0 Å². The molecule has 0 fully saturated rings. The van der Waals surface area contributed by atoms with Gasteiger partial charge in [0.15, 0.2) is 0 Å². The van der Waals surface area contributed by atoms with E-state index in [1.165, 1.54) is 24.3 Å². The zero-order chi connectivity index (χ0) is 15.0. The molecule has 1 aromatic heterocycles. The Kier molecular flexibility index (Phi) is 2.83. The quantitative estimate of drug-likeness (QED) is 0.561. The molecule has 0 radical (unpaired) electrons. The van der Waals surface area contributed by atoms with Gasteiger partial charge in [-0.3, -0.25) is 10.1 Å². The monoisotopic (exact) mass is 284 g/mol. The summed E-state index contributed by atoms with van der Waals surface area (Å²) in [5, 5.41) is 30.1. The van der Waals surface area contributed by atoms with E-state index in [2.05, 4.69) is 15.4 Å². The second kappa shape index (κ2) is 4.67. The van der Waals surface area contributed by atoms with Crippen LogP contribution in [0.5, 0.6) is 0 Å². The first-order chi connectivity index (χ1) is 10.1. The summed E-state index contributed by atoms with van der Waals surface area (Å²) in [6, 6.07) is 8.91. The van der Waals surface area contributed by atoms with Crippen LogP contribution in [0.2, 0.25) is 0 Å². The van der Waals surface area contributed by atoms with Crippen LogP contribution in [0.1, 0.15) is 10.4 Å². The highest BCUT2D eigenvalue weighted by Gasteiger charge is 2.18. The minimum atomic E-state index is -1.14. The van der Waals surface area contributed by atoms with Crippen LogP contribution in [0.4, 0.5) is 5.69 Å². The van der Waals surface area contributed by atoms with Crippen molar-refractivity contribution < 1.29 is 14.8 Å². The fourth-order valence-corrected chi connectivity index (χ4v) is 2.13. The molecular formula is C13H8N4O4. The first-order valence-corrected chi connectivity index (χ1v) is 5.89. The van der Waals surface area contributed by atoms with Gasteiger partial charge < -0.3 is 5.11 Å². The van der Waals surface area contributed by atoms with E-state index in [9.17, 15) is 20.0 Å². The number of H-pyrrole nitrogens is 1. The second-order valence-corrected chi connectivity index (χ2v) is 4.29. The third-order valence-corrected chi connectivity index (χ3v) is 3.09.